The molecule has 2 aromatic rings. The highest BCUT2D eigenvalue weighted by Gasteiger charge is 2.02. The van der Waals surface area contributed by atoms with Crippen LogP contribution in [0.25, 0.3) is 0 Å². The van der Waals surface area contributed by atoms with Gasteiger partial charge in [-0.15, -0.1) is 0 Å². The molecule has 17 heavy (non-hydrogen) atoms. The molecule has 0 saturated heterocycles. The first-order valence-corrected chi connectivity index (χ1v) is 7.75. The van der Waals surface area contributed by atoms with Crippen LogP contribution in [0.3, 0.4) is 0 Å². The van der Waals surface area contributed by atoms with Gasteiger partial charge in [-0.25, -0.2) is 0 Å². The summed E-state index contributed by atoms with van der Waals surface area (Å²) in [6, 6.07) is 14.5. The van der Waals surface area contributed by atoms with E-state index >= 15 is 0 Å². The van der Waals surface area contributed by atoms with E-state index in [1.54, 1.807) is 0 Å². The van der Waals surface area contributed by atoms with Crippen LogP contribution in [0.4, 0.5) is 5.69 Å². The number of hydrogen-bond acceptors (Lipinski definition) is 1. The van der Waals surface area contributed by atoms with Gasteiger partial charge in [-0.2, -0.15) is 0 Å². The number of hydrogen-bond donors (Lipinski definition) is 1. The quantitative estimate of drug-likeness (QED) is 0.595. The van der Waals surface area contributed by atoms with E-state index in [-0.39, 0.29) is 0 Å². The first-order valence-electron chi connectivity index (χ1n) is 5.09. The van der Waals surface area contributed by atoms with Gasteiger partial charge in [-0.1, -0.05) is 34.1 Å². The minimum atomic E-state index is 0.806. The van der Waals surface area contributed by atoms with Crippen LogP contribution in [0.1, 0.15) is 5.56 Å². The SMILES string of the molecule is Brc1ccccc1CNc1cc(I)ccc1Br. The summed E-state index contributed by atoms with van der Waals surface area (Å²) in [6.07, 6.45) is 0. The molecule has 0 amide bonds. The lowest BCUT2D eigenvalue weighted by molar-refractivity contribution is 1.13. The van der Waals surface area contributed by atoms with Crippen molar-refractivity contribution in [2.24, 2.45) is 0 Å². The number of benzene rings is 2. The zero-order chi connectivity index (χ0) is 12.3. The van der Waals surface area contributed by atoms with Gasteiger partial charge in [0.15, 0.2) is 0 Å². The Bertz CT molecular complexity index is 529. The highest BCUT2D eigenvalue weighted by atomic mass is 127. The van der Waals surface area contributed by atoms with Crippen molar-refractivity contribution in [3.05, 3.63) is 60.5 Å². The van der Waals surface area contributed by atoms with E-state index in [4.69, 9.17) is 0 Å². The van der Waals surface area contributed by atoms with Crippen LogP contribution in [-0.4, -0.2) is 0 Å². The van der Waals surface area contributed by atoms with Crippen LogP contribution in [0, 0.1) is 3.57 Å². The number of halogens is 3. The molecule has 0 aliphatic rings. The Morgan fingerprint density at radius 2 is 1.76 bits per heavy atom. The smallest absolute Gasteiger partial charge is 0.0497 e. The molecule has 0 saturated carbocycles. The molecule has 0 unspecified atom stereocenters. The Balaban J connectivity index is 2.12. The largest absolute Gasteiger partial charge is 0.380 e. The van der Waals surface area contributed by atoms with Crippen LogP contribution in [0.15, 0.2) is 51.4 Å². The van der Waals surface area contributed by atoms with E-state index in [1.807, 2.05) is 12.1 Å². The number of nitrogens with one attached hydrogen (secondary N) is 1. The van der Waals surface area contributed by atoms with Crippen molar-refractivity contribution in [2.75, 3.05) is 5.32 Å². The summed E-state index contributed by atoms with van der Waals surface area (Å²) in [7, 11) is 0. The maximum Gasteiger partial charge on any atom is 0.0497 e. The van der Waals surface area contributed by atoms with Gasteiger partial charge in [0, 0.05) is 24.7 Å². The van der Waals surface area contributed by atoms with Gasteiger partial charge in [-0.3, -0.25) is 0 Å². The fourth-order valence-electron chi connectivity index (χ4n) is 1.47. The lowest BCUT2D eigenvalue weighted by Crippen LogP contribution is -2.00. The van der Waals surface area contributed by atoms with Gasteiger partial charge >= 0.3 is 0 Å². The van der Waals surface area contributed by atoms with E-state index in [2.05, 4.69) is 90.1 Å². The van der Waals surface area contributed by atoms with Gasteiger partial charge in [0.05, 0.1) is 0 Å². The summed E-state index contributed by atoms with van der Waals surface area (Å²) >= 11 is 9.41. The van der Waals surface area contributed by atoms with Crippen molar-refractivity contribution in [3.8, 4) is 0 Å². The van der Waals surface area contributed by atoms with E-state index < -0.39 is 0 Å². The highest BCUT2D eigenvalue weighted by Crippen LogP contribution is 2.25. The third kappa shape index (κ3) is 3.69. The second-order valence-corrected chi connectivity index (χ2v) is 6.52. The van der Waals surface area contributed by atoms with Crippen molar-refractivity contribution < 1.29 is 0 Å². The Kier molecular flexibility index (Phi) is 4.87. The molecule has 2 rings (SSSR count). The zero-order valence-corrected chi connectivity index (χ0v) is 14.2. The highest BCUT2D eigenvalue weighted by molar-refractivity contribution is 14.1. The molecule has 0 aliphatic heterocycles. The van der Waals surface area contributed by atoms with E-state index in [0.717, 1.165) is 21.2 Å². The van der Waals surface area contributed by atoms with Crippen LogP contribution < -0.4 is 5.32 Å². The predicted molar refractivity (Wildman–Crippen MR) is 88.3 cm³/mol. The monoisotopic (exact) mass is 465 g/mol. The predicted octanol–water partition coefficient (Wildman–Crippen LogP) is 5.43. The van der Waals surface area contributed by atoms with Gasteiger partial charge in [0.2, 0.25) is 0 Å². The standard InChI is InChI=1S/C13H10Br2IN/c14-11-4-2-1-3-9(11)8-17-13-7-10(16)5-6-12(13)15/h1-7,17H,8H2. The fraction of sp³-hybridized carbons (Fsp3) is 0.0769. The molecule has 0 bridgehead atoms. The first-order chi connectivity index (χ1) is 8.16. The Labute approximate surface area is 131 Å². The minimum Gasteiger partial charge on any atom is -0.380 e. The topological polar surface area (TPSA) is 12.0 Å². The minimum absolute atomic E-state index is 0.806. The lowest BCUT2D eigenvalue weighted by Gasteiger charge is -2.10. The molecule has 2 aromatic carbocycles. The third-order valence-electron chi connectivity index (χ3n) is 2.36. The second-order valence-electron chi connectivity index (χ2n) is 3.57. The molecular formula is C13H10Br2IN. The molecule has 0 radical (unpaired) electrons. The Hall–Kier alpha value is -0.0700. The molecule has 0 fully saturated rings. The normalized spacial score (nSPS) is 10.3. The summed E-state index contributed by atoms with van der Waals surface area (Å²) in [5.41, 5.74) is 2.37. The average Bonchev–Trinajstić information content (AvgIpc) is 2.32. The number of anilines is 1. The maximum absolute atomic E-state index is 3.55. The van der Waals surface area contributed by atoms with Crippen molar-refractivity contribution in [3.63, 3.8) is 0 Å². The molecule has 1 nitrogen and oxygen atoms in total. The lowest BCUT2D eigenvalue weighted by atomic mass is 10.2. The van der Waals surface area contributed by atoms with Crippen molar-refractivity contribution in [1.29, 1.82) is 0 Å². The van der Waals surface area contributed by atoms with Crippen molar-refractivity contribution in [2.45, 2.75) is 6.54 Å². The average molecular weight is 467 g/mol. The first kappa shape index (κ1) is 13.4. The van der Waals surface area contributed by atoms with E-state index in [1.165, 1.54) is 9.13 Å². The van der Waals surface area contributed by atoms with Gasteiger partial charge in [0.1, 0.15) is 0 Å². The molecule has 88 valence electrons. The summed E-state index contributed by atoms with van der Waals surface area (Å²) in [6.45, 7) is 0.806. The Morgan fingerprint density at radius 3 is 2.53 bits per heavy atom. The van der Waals surface area contributed by atoms with Crippen LogP contribution >= 0.6 is 54.5 Å². The van der Waals surface area contributed by atoms with Gasteiger partial charge < -0.3 is 5.32 Å². The van der Waals surface area contributed by atoms with E-state index in [0.29, 0.717) is 0 Å². The molecular weight excluding hydrogens is 457 g/mol. The molecule has 1 N–H and O–H groups in total. The molecule has 0 aliphatic carbocycles. The summed E-state index contributed by atoms with van der Waals surface area (Å²) < 4.78 is 3.44. The van der Waals surface area contributed by atoms with Crippen LogP contribution in [-0.2, 0) is 6.54 Å². The Morgan fingerprint density at radius 1 is 1.00 bits per heavy atom. The van der Waals surface area contributed by atoms with Gasteiger partial charge in [0.25, 0.3) is 0 Å². The molecule has 0 spiro atoms. The zero-order valence-electron chi connectivity index (χ0n) is 8.88. The molecule has 4 heteroatoms. The third-order valence-corrected chi connectivity index (χ3v) is 4.49. The second kappa shape index (κ2) is 6.20. The van der Waals surface area contributed by atoms with Crippen LogP contribution in [0.5, 0.6) is 0 Å². The number of rotatable bonds is 3. The van der Waals surface area contributed by atoms with Crippen LogP contribution in [0.2, 0.25) is 0 Å². The maximum atomic E-state index is 3.55. The van der Waals surface area contributed by atoms with Gasteiger partial charge in [-0.05, 0) is 68.3 Å². The summed E-state index contributed by atoms with van der Waals surface area (Å²) in [5.74, 6) is 0. The van der Waals surface area contributed by atoms with Crippen molar-refractivity contribution in [1.82, 2.24) is 0 Å². The molecule has 0 heterocycles. The molecule has 0 atom stereocenters. The summed E-state index contributed by atoms with van der Waals surface area (Å²) in [5, 5.41) is 3.43. The summed E-state index contributed by atoms with van der Waals surface area (Å²) in [4.78, 5) is 0. The molecule has 0 aromatic heterocycles. The van der Waals surface area contributed by atoms with Crippen molar-refractivity contribution >= 4 is 60.1 Å². The van der Waals surface area contributed by atoms with E-state index in [9.17, 15) is 0 Å². The fourth-order valence-corrected chi connectivity index (χ4v) is 2.77.